The van der Waals surface area contributed by atoms with Gasteiger partial charge in [0.2, 0.25) is 0 Å². The first-order chi connectivity index (χ1) is 28.3. The number of fused-ring (bicyclic) bond motifs is 4. The van der Waals surface area contributed by atoms with Gasteiger partial charge in [0.1, 0.15) is 0 Å². The number of ether oxygens (including phenoxy) is 1. The van der Waals surface area contributed by atoms with E-state index in [0.29, 0.717) is 0 Å². The Labute approximate surface area is 348 Å². The molecule has 3 aromatic heterocycles. The fraction of sp³-hybridized carbons (Fsp3) is 0.0769. The van der Waals surface area contributed by atoms with Crippen molar-refractivity contribution in [1.29, 1.82) is 0 Å². The summed E-state index contributed by atoms with van der Waals surface area (Å²) >= 11 is 2.49. The van der Waals surface area contributed by atoms with Crippen LogP contribution in [0.3, 0.4) is 0 Å². The molecule has 0 atom stereocenters. The Morgan fingerprint density at radius 3 is 1.76 bits per heavy atom. The van der Waals surface area contributed by atoms with Crippen LogP contribution in [0, 0.1) is 3.80 Å². The van der Waals surface area contributed by atoms with Gasteiger partial charge in [-0.2, -0.15) is 0 Å². The number of benzene rings is 7. The molecule has 10 rings (SSSR count). The van der Waals surface area contributed by atoms with Crippen molar-refractivity contribution >= 4 is 32.8 Å². The summed E-state index contributed by atoms with van der Waals surface area (Å²) in [4.78, 5) is 4.87. The zero-order valence-electron chi connectivity index (χ0n) is 32.4. The summed E-state index contributed by atoms with van der Waals surface area (Å²) in [5, 5.41) is 2.34. The van der Waals surface area contributed by atoms with Crippen LogP contribution in [-0.2, 0) is 24.8 Å². The summed E-state index contributed by atoms with van der Waals surface area (Å²) in [6, 6.07) is 64.2. The predicted molar refractivity (Wildman–Crippen MR) is 234 cm³/mol. The third-order valence-electron chi connectivity index (χ3n) is 10.9. The molecular formula is C52H40N4OPt. The number of aromatic nitrogens is 4. The number of imidazole rings is 1. The molecule has 0 aliphatic carbocycles. The zero-order valence-corrected chi connectivity index (χ0v) is 34.7. The van der Waals surface area contributed by atoms with Gasteiger partial charge in [-0.15, -0.1) is 0 Å². The molecule has 0 aliphatic rings. The predicted octanol–water partition coefficient (Wildman–Crippen LogP) is 13.4. The van der Waals surface area contributed by atoms with E-state index in [1.807, 2.05) is 12.3 Å². The normalized spacial score (nSPS) is 11.8. The average Bonchev–Trinajstić information content (AvgIpc) is 3.74. The van der Waals surface area contributed by atoms with Crippen LogP contribution in [-0.4, -0.2) is 18.7 Å². The third kappa shape index (κ3) is 6.23. The molecule has 0 spiro atoms. The topological polar surface area (TPSA) is 36.9 Å². The zero-order chi connectivity index (χ0) is 39.4. The van der Waals surface area contributed by atoms with Crippen molar-refractivity contribution in [2.75, 3.05) is 0 Å². The Balaban J connectivity index is 1.11. The minimum absolute atomic E-state index is 0.00657. The molecule has 0 radical (unpaired) electrons. The number of hydrogen-bond acceptors (Lipinski definition) is 2. The quantitative estimate of drug-likeness (QED) is 0.160. The van der Waals surface area contributed by atoms with Crippen molar-refractivity contribution in [3.8, 4) is 50.9 Å². The van der Waals surface area contributed by atoms with E-state index in [4.69, 9.17) is 9.72 Å². The van der Waals surface area contributed by atoms with Crippen molar-refractivity contribution in [3.05, 3.63) is 198 Å². The Morgan fingerprint density at radius 1 is 0.483 bits per heavy atom. The van der Waals surface area contributed by atoms with Gasteiger partial charge in [-0.25, -0.2) is 0 Å². The fourth-order valence-electron chi connectivity index (χ4n) is 8.15. The molecule has 0 fully saturated rings. The number of hydrogen-bond donors (Lipinski definition) is 0. The Morgan fingerprint density at radius 2 is 1.07 bits per heavy atom. The molecule has 0 saturated carbocycles. The monoisotopic (exact) mass is 931 g/mol. The molecule has 0 saturated heterocycles. The first kappa shape index (κ1) is 35.8. The average molecular weight is 932 g/mol. The van der Waals surface area contributed by atoms with E-state index in [-0.39, 0.29) is 5.41 Å². The molecule has 10 aromatic rings. The van der Waals surface area contributed by atoms with E-state index in [0.717, 1.165) is 59.9 Å². The van der Waals surface area contributed by atoms with Crippen LogP contribution < -0.4 is 4.74 Å². The summed E-state index contributed by atoms with van der Waals surface area (Å²) in [6.45, 7) is 6.71. The Kier molecular flexibility index (Phi) is 8.92. The van der Waals surface area contributed by atoms with Gasteiger partial charge in [0, 0.05) is 6.20 Å². The second kappa shape index (κ2) is 14.4. The van der Waals surface area contributed by atoms with Gasteiger partial charge in [-0.1, -0.05) is 32.9 Å². The van der Waals surface area contributed by atoms with Crippen LogP contribution in [0.1, 0.15) is 26.3 Å². The summed E-state index contributed by atoms with van der Waals surface area (Å²) in [6.07, 6.45) is 1.92. The fourth-order valence-corrected chi connectivity index (χ4v) is 9.24. The number of pyridine rings is 1. The second-order valence-corrected chi connectivity index (χ2v) is 16.6. The van der Waals surface area contributed by atoms with Gasteiger partial charge >= 0.3 is 294 Å². The molecule has 284 valence electrons. The van der Waals surface area contributed by atoms with Crippen molar-refractivity contribution in [2.24, 2.45) is 0 Å². The van der Waals surface area contributed by atoms with Gasteiger partial charge < -0.3 is 0 Å². The SMILES string of the molecule is CC(C)(C)c1ccnc(-n2c3ccccc3c3ccc(Oc4cccc(-n5[c](=[Pt])n(-c6c(-c7ccccc7)cccc6-c6ccccc6)c6ccccc65)c4)cc32)c1. The number of nitrogens with zero attached hydrogens (tertiary/aromatic N) is 4. The van der Waals surface area contributed by atoms with Gasteiger partial charge in [0.25, 0.3) is 0 Å². The van der Waals surface area contributed by atoms with Crippen molar-refractivity contribution < 1.29 is 24.1 Å². The van der Waals surface area contributed by atoms with Crippen molar-refractivity contribution in [3.63, 3.8) is 0 Å². The maximum atomic E-state index is 6.75. The van der Waals surface area contributed by atoms with E-state index < -0.39 is 0 Å². The third-order valence-corrected chi connectivity index (χ3v) is 11.9. The summed E-state index contributed by atoms with van der Waals surface area (Å²) < 4.78 is 14.8. The van der Waals surface area contributed by atoms with E-state index in [9.17, 15) is 0 Å². The van der Waals surface area contributed by atoms with E-state index in [1.54, 1.807) is 0 Å². The van der Waals surface area contributed by atoms with Crippen LogP contribution >= 0.6 is 0 Å². The standard InChI is InChI=1S/C52H40N4O.Pt/c1-52(2,3)38-30-31-53-50(32-38)56-46-25-11-10-22-44(46)45-29-28-41(34-49(45)56)57-40-21-14-20-39(33-40)54-35-55(48-27-13-12-26-47(48)54)51-42(36-16-6-4-7-17-36)23-15-24-43(51)37-18-8-5-9-19-37;/h4-34H,1-3H3;. The van der Waals surface area contributed by atoms with E-state index >= 15 is 0 Å². The molecule has 3 heterocycles. The van der Waals surface area contributed by atoms with E-state index in [1.165, 1.54) is 33.2 Å². The molecule has 6 heteroatoms. The van der Waals surface area contributed by atoms with Crippen LogP contribution in [0.2, 0.25) is 0 Å². The molecule has 0 amide bonds. The molecule has 0 aliphatic heterocycles. The molecule has 0 N–H and O–H groups in total. The number of para-hydroxylation sites is 4. The molecule has 58 heavy (non-hydrogen) atoms. The summed E-state index contributed by atoms with van der Waals surface area (Å²) in [7, 11) is 0. The molecular weight excluding hydrogens is 892 g/mol. The Hall–Kier alpha value is -6.55. The van der Waals surface area contributed by atoms with Gasteiger partial charge in [0.15, 0.2) is 0 Å². The van der Waals surface area contributed by atoms with Gasteiger partial charge in [0.05, 0.1) is 0 Å². The van der Waals surface area contributed by atoms with Crippen LogP contribution in [0.5, 0.6) is 11.5 Å². The van der Waals surface area contributed by atoms with Crippen molar-refractivity contribution in [1.82, 2.24) is 18.7 Å². The second-order valence-electron chi connectivity index (χ2n) is 15.6. The molecule has 5 nitrogen and oxygen atoms in total. The maximum absolute atomic E-state index is 6.75. The van der Waals surface area contributed by atoms with Crippen molar-refractivity contribution in [2.45, 2.75) is 26.2 Å². The molecule has 7 aromatic carbocycles. The molecule has 0 bridgehead atoms. The van der Waals surface area contributed by atoms with Crippen LogP contribution in [0.25, 0.3) is 72.3 Å². The minimum atomic E-state index is -0.00657. The summed E-state index contributed by atoms with van der Waals surface area (Å²) in [5.74, 6) is 2.40. The molecule has 0 unspecified atom stereocenters. The van der Waals surface area contributed by atoms with Crippen LogP contribution in [0.15, 0.2) is 188 Å². The van der Waals surface area contributed by atoms with E-state index in [2.05, 4.69) is 230 Å². The van der Waals surface area contributed by atoms with Gasteiger partial charge in [-0.3, -0.25) is 0 Å². The Bertz CT molecular complexity index is 3150. The first-order valence-electron chi connectivity index (χ1n) is 19.5. The number of rotatable bonds is 7. The summed E-state index contributed by atoms with van der Waals surface area (Å²) in [5.41, 5.74) is 12.4. The van der Waals surface area contributed by atoms with Gasteiger partial charge in [-0.05, 0) is 17.0 Å². The van der Waals surface area contributed by atoms with Crippen LogP contribution in [0.4, 0.5) is 0 Å². The first-order valence-corrected chi connectivity index (χ1v) is 20.7.